The van der Waals surface area contributed by atoms with Crippen molar-refractivity contribution in [3.8, 4) is 0 Å². The number of carbonyl (C=O) groups excluding carboxylic acids is 2. The van der Waals surface area contributed by atoms with Crippen molar-refractivity contribution in [1.29, 1.82) is 0 Å². The summed E-state index contributed by atoms with van der Waals surface area (Å²) >= 11 is 0. The van der Waals surface area contributed by atoms with Crippen molar-refractivity contribution in [3.63, 3.8) is 0 Å². The zero-order chi connectivity index (χ0) is 18.3. The van der Waals surface area contributed by atoms with Crippen LogP contribution in [-0.2, 0) is 22.1 Å². The molecule has 0 aliphatic rings. The summed E-state index contributed by atoms with van der Waals surface area (Å²) in [6, 6.07) is 1.89. The first-order valence-corrected chi connectivity index (χ1v) is 8.81. The van der Waals surface area contributed by atoms with Crippen LogP contribution in [0.3, 0.4) is 0 Å². The molecule has 1 aromatic heterocycles. The van der Waals surface area contributed by atoms with Gasteiger partial charge in [-0.05, 0) is 12.8 Å². The highest BCUT2D eigenvalue weighted by Gasteiger charge is 2.21. The number of rotatable bonds is 8. The van der Waals surface area contributed by atoms with Gasteiger partial charge in [-0.25, -0.2) is 0 Å². The van der Waals surface area contributed by atoms with Crippen LogP contribution < -0.4 is 5.32 Å². The average molecular weight is 336 g/mol. The van der Waals surface area contributed by atoms with Crippen LogP contribution in [0.4, 0.5) is 5.82 Å². The summed E-state index contributed by atoms with van der Waals surface area (Å²) in [6.07, 6.45) is 3.17. The van der Waals surface area contributed by atoms with E-state index in [1.54, 1.807) is 9.58 Å². The minimum Gasteiger partial charge on any atom is -0.333 e. The van der Waals surface area contributed by atoms with Crippen LogP contribution in [0, 0.1) is 0 Å². The minimum atomic E-state index is -0.181. The number of carbonyl (C=O) groups is 2. The van der Waals surface area contributed by atoms with Crippen LogP contribution in [0.25, 0.3) is 0 Å². The molecule has 1 rings (SSSR count). The summed E-state index contributed by atoms with van der Waals surface area (Å²) in [4.78, 5) is 26.2. The van der Waals surface area contributed by atoms with Gasteiger partial charge in [0.25, 0.3) is 0 Å². The van der Waals surface area contributed by atoms with E-state index in [0.29, 0.717) is 18.8 Å². The van der Waals surface area contributed by atoms with Crippen molar-refractivity contribution in [2.24, 2.45) is 7.05 Å². The maximum Gasteiger partial charge on any atom is 0.245 e. The zero-order valence-electron chi connectivity index (χ0n) is 16.0. The smallest absolute Gasteiger partial charge is 0.245 e. The number of amides is 2. The molecule has 0 aliphatic heterocycles. The van der Waals surface area contributed by atoms with Crippen molar-refractivity contribution in [2.45, 2.75) is 65.7 Å². The maximum atomic E-state index is 12.4. The molecule has 1 N–H and O–H groups in total. The lowest BCUT2D eigenvalue weighted by atomic mass is 9.92. The fourth-order valence-electron chi connectivity index (χ4n) is 2.32. The number of unbranched alkanes of at least 4 members (excludes halogenated alkanes) is 1. The largest absolute Gasteiger partial charge is 0.333 e. The van der Waals surface area contributed by atoms with Crippen LogP contribution in [0.15, 0.2) is 6.07 Å². The first kappa shape index (κ1) is 20.2. The normalized spacial score (nSPS) is 11.4. The lowest BCUT2D eigenvalue weighted by Gasteiger charge is -2.21. The molecule has 0 bridgehead atoms. The van der Waals surface area contributed by atoms with Gasteiger partial charge in [0, 0.05) is 31.5 Å². The molecule has 0 spiro atoms. The van der Waals surface area contributed by atoms with Crippen LogP contribution in [0.2, 0.25) is 0 Å². The predicted molar refractivity (Wildman–Crippen MR) is 96.9 cm³/mol. The third kappa shape index (κ3) is 5.98. The number of hydrogen-bond donors (Lipinski definition) is 1. The zero-order valence-corrected chi connectivity index (χ0v) is 16.0. The Morgan fingerprint density at radius 3 is 2.42 bits per heavy atom. The Balaban J connectivity index is 2.75. The molecule has 1 aromatic rings. The van der Waals surface area contributed by atoms with E-state index in [4.69, 9.17) is 0 Å². The second-order valence-corrected chi connectivity index (χ2v) is 7.26. The lowest BCUT2D eigenvalue weighted by Crippen LogP contribution is -2.38. The van der Waals surface area contributed by atoms with Gasteiger partial charge in [-0.3, -0.25) is 14.3 Å². The summed E-state index contributed by atoms with van der Waals surface area (Å²) in [7, 11) is 1.81. The molecular formula is C18H32N4O2. The fourth-order valence-corrected chi connectivity index (χ4v) is 2.32. The molecule has 6 heteroatoms. The van der Waals surface area contributed by atoms with E-state index in [2.05, 4.69) is 38.1 Å². The Morgan fingerprint density at radius 2 is 1.92 bits per heavy atom. The molecule has 24 heavy (non-hydrogen) atoms. The van der Waals surface area contributed by atoms with Crippen LogP contribution in [-0.4, -0.2) is 39.6 Å². The van der Waals surface area contributed by atoms with E-state index >= 15 is 0 Å². The number of anilines is 1. The van der Waals surface area contributed by atoms with E-state index < -0.39 is 0 Å². The number of nitrogens with one attached hydrogen (secondary N) is 1. The van der Waals surface area contributed by atoms with Crippen LogP contribution in [0.1, 0.15) is 66.0 Å². The summed E-state index contributed by atoms with van der Waals surface area (Å²) in [5.41, 5.74) is 0.843. The topological polar surface area (TPSA) is 67.2 Å². The van der Waals surface area contributed by atoms with E-state index in [9.17, 15) is 9.59 Å². The molecule has 136 valence electrons. The van der Waals surface area contributed by atoms with Crippen LogP contribution in [0.5, 0.6) is 0 Å². The molecule has 2 amide bonds. The van der Waals surface area contributed by atoms with Gasteiger partial charge in [0.15, 0.2) is 0 Å². The number of aryl methyl sites for hydroxylation is 1. The Bertz CT molecular complexity index is 558. The molecule has 1 heterocycles. The third-order valence-corrected chi connectivity index (χ3v) is 3.85. The molecular weight excluding hydrogens is 304 g/mol. The van der Waals surface area contributed by atoms with Gasteiger partial charge in [0.2, 0.25) is 11.8 Å². The average Bonchev–Trinajstić information content (AvgIpc) is 2.85. The first-order chi connectivity index (χ1) is 11.2. The van der Waals surface area contributed by atoms with Gasteiger partial charge < -0.3 is 10.2 Å². The van der Waals surface area contributed by atoms with E-state index in [-0.39, 0.29) is 23.8 Å². The van der Waals surface area contributed by atoms with Gasteiger partial charge in [-0.1, -0.05) is 41.0 Å². The number of hydrogen-bond acceptors (Lipinski definition) is 3. The Hall–Kier alpha value is -1.85. The number of nitrogens with zero attached hydrogens (tertiary/aromatic N) is 3. The number of aromatic nitrogens is 2. The molecule has 0 saturated carbocycles. The predicted octanol–water partition coefficient (Wildman–Crippen LogP) is 3.08. The summed E-state index contributed by atoms with van der Waals surface area (Å²) in [6.45, 7) is 11.0. The van der Waals surface area contributed by atoms with Gasteiger partial charge >= 0.3 is 0 Å². The molecule has 0 unspecified atom stereocenters. The molecule has 0 saturated heterocycles. The van der Waals surface area contributed by atoms with E-state index in [1.807, 2.05) is 20.0 Å². The van der Waals surface area contributed by atoms with Gasteiger partial charge in [-0.15, -0.1) is 0 Å². The highest BCUT2D eigenvalue weighted by atomic mass is 16.2. The Morgan fingerprint density at radius 1 is 1.25 bits per heavy atom. The van der Waals surface area contributed by atoms with Crippen molar-refractivity contribution in [1.82, 2.24) is 14.7 Å². The van der Waals surface area contributed by atoms with Crippen molar-refractivity contribution < 1.29 is 9.59 Å². The second kappa shape index (κ2) is 8.85. The molecule has 0 radical (unpaired) electrons. The minimum absolute atomic E-state index is 0.0430. The molecule has 6 nitrogen and oxygen atoms in total. The summed E-state index contributed by atoms with van der Waals surface area (Å²) < 4.78 is 1.67. The second-order valence-electron chi connectivity index (χ2n) is 7.26. The molecule has 0 fully saturated rings. The molecule has 0 aliphatic carbocycles. The van der Waals surface area contributed by atoms with Crippen molar-refractivity contribution in [3.05, 3.63) is 11.8 Å². The maximum absolute atomic E-state index is 12.4. The quantitative estimate of drug-likeness (QED) is 0.793. The SMILES string of the molecule is CCCCN(CC(=O)Nc1cc(C(C)(C)C)nn1C)C(=O)CCC. The molecule has 0 aromatic carbocycles. The summed E-state index contributed by atoms with van der Waals surface area (Å²) in [5, 5.41) is 7.32. The highest BCUT2D eigenvalue weighted by molar-refractivity contribution is 5.94. The molecule has 0 atom stereocenters. The van der Waals surface area contributed by atoms with Crippen LogP contribution >= 0.6 is 0 Å². The standard InChI is InChI=1S/C18H32N4O2/c1-7-9-11-22(17(24)10-8-2)13-16(23)19-15-12-14(18(3,4)5)20-21(15)6/h12H,7-11,13H2,1-6H3,(H,19,23). The Kier molecular flexibility index (Phi) is 7.45. The lowest BCUT2D eigenvalue weighted by molar-refractivity contribution is -0.134. The highest BCUT2D eigenvalue weighted by Crippen LogP contribution is 2.23. The van der Waals surface area contributed by atoms with Crippen molar-refractivity contribution in [2.75, 3.05) is 18.4 Å². The first-order valence-electron chi connectivity index (χ1n) is 8.81. The van der Waals surface area contributed by atoms with Gasteiger partial charge in [0.1, 0.15) is 5.82 Å². The van der Waals surface area contributed by atoms with Gasteiger partial charge in [-0.2, -0.15) is 5.10 Å². The van der Waals surface area contributed by atoms with E-state index in [0.717, 1.165) is 25.0 Å². The van der Waals surface area contributed by atoms with E-state index in [1.165, 1.54) is 0 Å². The monoisotopic (exact) mass is 336 g/mol. The van der Waals surface area contributed by atoms with Gasteiger partial charge in [0.05, 0.1) is 12.2 Å². The Labute approximate surface area is 145 Å². The summed E-state index contributed by atoms with van der Waals surface area (Å²) in [5.74, 6) is 0.517. The van der Waals surface area contributed by atoms with Crippen molar-refractivity contribution >= 4 is 17.6 Å². The third-order valence-electron chi connectivity index (χ3n) is 3.85. The fraction of sp³-hybridized carbons (Fsp3) is 0.722.